The molecule has 0 spiro atoms. The number of hydrogen-bond donors (Lipinski definition) is 2. The number of amides is 2. The molecule has 0 aliphatic carbocycles. The van der Waals surface area contributed by atoms with Gasteiger partial charge >= 0.3 is 0 Å². The highest BCUT2D eigenvalue weighted by Gasteiger charge is 2.16. The molecule has 4 aromatic rings. The van der Waals surface area contributed by atoms with E-state index in [1.54, 1.807) is 6.07 Å². The van der Waals surface area contributed by atoms with Gasteiger partial charge in [0, 0.05) is 35.5 Å². The van der Waals surface area contributed by atoms with Gasteiger partial charge in [-0.3, -0.25) is 9.59 Å². The molecule has 0 bridgehead atoms. The van der Waals surface area contributed by atoms with Crippen LogP contribution in [-0.4, -0.2) is 16.4 Å². The summed E-state index contributed by atoms with van der Waals surface area (Å²) in [5.74, 6) is -0.543. The van der Waals surface area contributed by atoms with Crippen molar-refractivity contribution in [2.75, 3.05) is 5.32 Å². The zero-order valence-electron chi connectivity index (χ0n) is 15.7. The third-order valence-electron chi connectivity index (χ3n) is 4.82. The highest BCUT2D eigenvalue weighted by Crippen LogP contribution is 2.32. The number of nitrogens with one attached hydrogen (secondary N) is 1. The van der Waals surface area contributed by atoms with Gasteiger partial charge in [0.1, 0.15) is 0 Å². The number of primary amides is 1. The van der Waals surface area contributed by atoms with Gasteiger partial charge < -0.3 is 15.6 Å². The molecular formula is C23H20N3O2. The molecule has 5 heteroatoms. The Balaban J connectivity index is 1.88. The Bertz CT molecular complexity index is 1220. The third kappa shape index (κ3) is 3.11. The quantitative estimate of drug-likeness (QED) is 0.569. The van der Waals surface area contributed by atoms with Crippen molar-refractivity contribution >= 4 is 39.3 Å². The predicted octanol–water partition coefficient (Wildman–Crippen LogP) is 4.01. The lowest BCUT2D eigenvalue weighted by Crippen LogP contribution is -2.11. The van der Waals surface area contributed by atoms with Gasteiger partial charge in [-0.15, -0.1) is 0 Å². The van der Waals surface area contributed by atoms with E-state index in [1.807, 2.05) is 49.4 Å². The number of carbonyl (C=O) groups is 2. The Labute approximate surface area is 162 Å². The molecule has 1 radical (unpaired) electrons. The summed E-state index contributed by atoms with van der Waals surface area (Å²) in [7, 11) is 0. The molecule has 0 aliphatic rings. The van der Waals surface area contributed by atoms with E-state index in [2.05, 4.69) is 22.0 Å². The fourth-order valence-electron chi connectivity index (χ4n) is 3.62. The largest absolute Gasteiger partial charge is 0.366 e. The molecule has 0 fully saturated rings. The molecule has 0 unspecified atom stereocenters. The molecule has 0 saturated carbocycles. The van der Waals surface area contributed by atoms with Crippen LogP contribution >= 0.6 is 0 Å². The Kier molecular flexibility index (Phi) is 4.35. The number of benzene rings is 3. The van der Waals surface area contributed by atoms with Gasteiger partial charge in [0.05, 0.1) is 11.0 Å². The average Bonchev–Trinajstić information content (AvgIpc) is 2.96. The van der Waals surface area contributed by atoms with E-state index < -0.39 is 5.91 Å². The summed E-state index contributed by atoms with van der Waals surface area (Å²) < 4.78 is 2.17. The predicted molar refractivity (Wildman–Crippen MR) is 111 cm³/mol. The van der Waals surface area contributed by atoms with Crippen LogP contribution < -0.4 is 11.1 Å². The molecule has 0 atom stereocenters. The van der Waals surface area contributed by atoms with E-state index in [0.29, 0.717) is 12.1 Å². The Morgan fingerprint density at radius 1 is 1.11 bits per heavy atom. The lowest BCUT2D eigenvalue weighted by Gasteiger charge is -2.10. The highest BCUT2D eigenvalue weighted by molar-refractivity contribution is 6.17. The van der Waals surface area contributed by atoms with Gasteiger partial charge in [-0.1, -0.05) is 24.3 Å². The molecule has 2 amide bonds. The summed E-state index contributed by atoms with van der Waals surface area (Å²) in [6, 6.07) is 20.7. The van der Waals surface area contributed by atoms with E-state index in [1.165, 1.54) is 6.92 Å². The van der Waals surface area contributed by atoms with Crippen molar-refractivity contribution in [3.63, 3.8) is 0 Å². The maximum Gasteiger partial charge on any atom is 0.249 e. The van der Waals surface area contributed by atoms with Crippen molar-refractivity contribution in [1.82, 2.24) is 4.57 Å². The zero-order chi connectivity index (χ0) is 19.8. The van der Waals surface area contributed by atoms with Crippen molar-refractivity contribution in [2.45, 2.75) is 20.4 Å². The average molecular weight is 370 g/mol. The first-order chi connectivity index (χ1) is 13.4. The van der Waals surface area contributed by atoms with Gasteiger partial charge in [0.2, 0.25) is 11.8 Å². The molecule has 139 valence electrons. The molecule has 3 aromatic carbocycles. The number of nitrogens with two attached hydrogens (primary N) is 1. The first kappa shape index (κ1) is 17.8. The van der Waals surface area contributed by atoms with Gasteiger partial charge in [0.25, 0.3) is 0 Å². The van der Waals surface area contributed by atoms with E-state index in [9.17, 15) is 9.59 Å². The second kappa shape index (κ2) is 6.85. The monoisotopic (exact) mass is 370 g/mol. The summed E-state index contributed by atoms with van der Waals surface area (Å²) in [5.41, 5.74) is 11.0. The number of rotatable bonds is 4. The van der Waals surface area contributed by atoms with Crippen LogP contribution in [0.15, 0.2) is 54.6 Å². The fourth-order valence-corrected chi connectivity index (χ4v) is 3.62. The fraction of sp³-hybridized carbons (Fsp3) is 0.130. The van der Waals surface area contributed by atoms with Crippen molar-refractivity contribution < 1.29 is 9.59 Å². The van der Waals surface area contributed by atoms with E-state index in [0.717, 1.165) is 38.6 Å². The topological polar surface area (TPSA) is 77.1 Å². The van der Waals surface area contributed by atoms with Gasteiger partial charge in [-0.05, 0) is 54.4 Å². The first-order valence-corrected chi connectivity index (χ1v) is 9.03. The minimum atomic E-state index is -0.446. The Hall–Kier alpha value is -3.60. The molecule has 0 aliphatic heterocycles. The second-order valence-corrected chi connectivity index (χ2v) is 6.97. The first-order valence-electron chi connectivity index (χ1n) is 9.03. The molecule has 1 heterocycles. The Morgan fingerprint density at radius 2 is 1.86 bits per heavy atom. The third-order valence-corrected chi connectivity index (χ3v) is 4.82. The summed E-state index contributed by atoms with van der Waals surface area (Å²) in [5, 5.41) is 4.50. The van der Waals surface area contributed by atoms with Crippen LogP contribution in [0.2, 0.25) is 0 Å². The number of hydrogen-bond acceptors (Lipinski definition) is 2. The van der Waals surface area contributed by atoms with Gasteiger partial charge in [-0.2, -0.15) is 0 Å². The van der Waals surface area contributed by atoms with Crippen molar-refractivity contribution in [3.05, 3.63) is 77.4 Å². The molecule has 5 nitrogen and oxygen atoms in total. The minimum Gasteiger partial charge on any atom is -0.366 e. The minimum absolute atomic E-state index is 0.0971. The van der Waals surface area contributed by atoms with Crippen LogP contribution in [0.5, 0.6) is 0 Å². The van der Waals surface area contributed by atoms with Crippen molar-refractivity contribution in [1.29, 1.82) is 0 Å². The molecule has 0 saturated heterocycles. The summed E-state index contributed by atoms with van der Waals surface area (Å²) in [6.07, 6.45) is 0. The van der Waals surface area contributed by atoms with Crippen LogP contribution in [0.3, 0.4) is 0 Å². The number of carbonyl (C=O) groups excluding carboxylic acids is 2. The van der Waals surface area contributed by atoms with Crippen LogP contribution in [0.4, 0.5) is 5.69 Å². The maximum atomic E-state index is 12.0. The number of anilines is 1. The lowest BCUT2D eigenvalue weighted by molar-refractivity contribution is -0.114. The smallest absolute Gasteiger partial charge is 0.249 e. The SMILES string of the molecule is CC(=O)Nc1ccc(Cn2c3cc(C)c[c]c3c3c(C(N)=O)cccc32)cc1. The van der Waals surface area contributed by atoms with Crippen LogP contribution in [-0.2, 0) is 11.3 Å². The van der Waals surface area contributed by atoms with Crippen LogP contribution in [0.25, 0.3) is 21.8 Å². The van der Waals surface area contributed by atoms with Crippen molar-refractivity contribution in [3.8, 4) is 0 Å². The highest BCUT2D eigenvalue weighted by atomic mass is 16.1. The maximum absolute atomic E-state index is 12.0. The number of fused-ring (bicyclic) bond motifs is 3. The number of aromatic nitrogens is 1. The molecule has 4 rings (SSSR count). The zero-order valence-corrected chi connectivity index (χ0v) is 15.7. The number of nitrogens with zero attached hydrogens (tertiary/aromatic N) is 1. The lowest BCUT2D eigenvalue weighted by atomic mass is 10.1. The normalized spacial score (nSPS) is 11.1. The van der Waals surface area contributed by atoms with E-state index >= 15 is 0 Å². The van der Waals surface area contributed by atoms with E-state index in [4.69, 9.17) is 5.73 Å². The molecule has 28 heavy (non-hydrogen) atoms. The van der Waals surface area contributed by atoms with E-state index in [-0.39, 0.29) is 5.91 Å². The Morgan fingerprint density at radius 3 is 2.54 bits per heavy atom. The summed E-state index contributed by atoms with van der Waals surface area (Å²) >= 11 is 0. The second-order valence-electron chi connectivity index (χ2n) is 6.97. The van der Waals surface area contributed by atoms with Gasteiger partial charge in [-0.25, -0.2) is 0 Å². The van der Waals surface area contributed by atoms with Crippen molar-refractivity contribution in [2.24, 2.45) is 5.73 Å². The van der Waals surface area contributed by atoms with Crippen LogP contribution in [0, 0.1) is 13.0 Å². The molecule has 3 N–H and O–H groups in total. The number of aryl methyl sites for hydroxylation is 1. The van der Waals surface area contributed by atoms with Gasteiger partial charge in [0.15, 0.2) is 0 Å². The van der Waals surface area contributed by atoms with Crippen LogP contribution in [0.1, 0.15) is 28.4 Å². The summed E-state index contributed by atoms with van der Waals surface area (Å²) in [6.45, 7) is 4.14. The summed E-state index contributed by atoms with van der Waals surface area (Å²) in [4.78, 5) is 23.2. The molecule has 1 aromatic heterocycles. The standard InChI is InChI=1S/C23H20N3O2/c1-14-6-11-18-21(12-14)26(20-5-3-4-19(22(18)20)23(24)28)13-16-7-9-17(10-8-16)25-15(2)27/h3-10,12H,13H2,1-2H3,(H2,24,28)(H,25,27). The molecular weight excluding hydrogens is 350 g/mol.